The maximum atomic E-state index is 12.6. The normalized spacial score (nSPS) is 16.7. The minimum absolute atomic E-state index is 0.0184. The number of thiophene rings is 1. The van der Waals surface area contributed by atoms with Gasteiger partial charge in [0.05, 0.1) is 28.9 Å². The summed E-state index contributed by atoms with van der Waals surface area (Å²) in [5.41, 5.74) is 1.74. The largest absolute Gasteiger partial charge is 0.490 e. The summed E-state index contributed by atoms with van der Waals surface area (Å²) in [7, 11) is 0. The molecule has 0 spiro atoms. The number of likely N-dealkylation sites (tertiary alicyclic amines) is 1. The summed E-state index contributed by atoms with van der Waals surface area (Å²) in [4.78, 5) is 31.1. The lowest BCUT2D eigenvalue weighted by Crippen LogP contribution is -2.52. The van der Waals surface area contributed by atoms with Crippen LogP contribution in [0.5, 0.6) is 5.75 Å². The Hall–Kier alpha value is -3.46. The summed E-state index contributed by atoms with van der Waals surface area (Å²) in [6, 6.07) is 13.3. The van der Waals surface area contributed by atoms with E-state index in [0.29, 0.717) is 26.2 Å². The number of carbonyl (C=O) groups excluding carboxylic acids is 2. The Bertz CT molecular complexity index is 1140. The number of amides is 2. The van der Waals surface area contributed by atoms with Gasteiger partial charge in [0.15, 0.2) is 0 Å². The Morgan fingerprint density at radius 1 is 1.03 bits per heavy atom. The number of hydrogen-bond donors (Lipinski definition) is 1. The van der Waals surface area contributed by atoms with Gasteiger partial charge in [-0.05, 0) is 49.4 Å². The molecule has 2 amide bonds. The number of carbonyl (C=O) groups is 2. The van der Waals surface area contributed by atoms with Crippen molar-refractivity contribution in [1.29, 1.82) is 0 Å². The van der Waals surface area contributed by atoms with Gasteiger partial charge in [-0.2, -0.15) is 10.2 Å². The molecule has 2 fully saturated rings. The molecule has 5 rings (SSSR count). The fourth-order valence-corrected chi connectivity index (χ4v) is 5.10. The lowest BCUT2D eigenvalue weighted by Gasteiger charge is -2.39. The molecule has 8 nitrogen and oxygen atoms in total. The number of aromatic nitrogens is 2. The van der Waals surface area contributed by atoms with Crippen molar-refractivity contribution in [3.05, 3.63) is 64.6 Å². The molecule has 3 aromatic rings. The zero-order valence-corrected chi connectivity index (χ0v) is 19.8. The first kappa shape index (κ1) is 22.3. The van der Waals surface area contributed by atoms with E-state index in [-0.39, 0.29) is 23.8 Å². The Morgan fingerprint density at radius 2 is 1.79 bits per heavy atom. The fourth-order valence-electron chi connectivity index (χ4n) is 4.26. The minimum Gasteiger partial charge on any atom is -0.490 e. The third-order valence-electron chi connectivity index (χ3n) is 6.29. The van der Waals surface area contributed by atoms with Crippen molar-refractivity contribution in [2.45, 2.75) is 25.9 Å². The molecule has 34 heavy (non-hydrogen) atoms. The maximum absolute atomic E-state index is 12.6. The topological polar surface area (TPSA) is 87.7 Å². The molecule has 0 aliphatic carbocycles. The van der Waals surface area contributed by atoms with Crippen LogP contribution in [0.1, 0.15) is 27.4 Å². The van der Waals surface area contributed by atoms with E-state index in [4.69, 9.17) is 4.74 Å². The molecule has 0 unspecified atom stereocenters. The molecule has 4 heterocycles. The van der Waals surface area contributed by atoms with Crippen molar-refractivity contribution in [3.63, 3.8) is 0 Å². The summed E-state index contributed by atoms with van der Waals surface area (Å²) < 4.78 is 6.13. The second-order valence-electron chi connectivity index (χ2n) is 8.74. The molecule has 1 N–H and O–H groups in total. The first-order valence-corrected chi connectivity index (χ1v) is 12.3. The van der Waals surface area contributed by atoms with E-state index in [1.165, 1.54) is 0 Å². The Labute approximate surface area is 202 Å². The van der Waals surface area contributed by atoms with Crippen molar-refractivity contribution in [3.8, 4) is 5.75 Å². The lowest BCUT2D eigenvalue weighted by molar-refractivity contribution is -0.120. The summed E-state index contributed by atoms with van der Waals surface area (Å²) >= 11 is 1.54. The van der Waals surface area contributed by atoms with Crippen LogP contribution >= 0.6 is 11.3 Å². The van der Waals surface area contributed by atoms with Gasteiger partial charge in [-0.25, -0.2) is 0 Å². The molecule has 2 aliphatic heterocycles. The van der Waals surface area contributed by atoms with Gasteiger partial charge in [-0.1, -0.05) is 0 Å². The van der Waals surface area contributed by atoms with Gasteiger partial charge in [0.2, 0.25) is 5.91 Å². The molecule has 176 valence electrons. The number of nitrogens with zero attached hydrogens (tertiary/aromatic N) is 4. The van der Waals surface area contributed by atoms with Crippen LogP contribution in [0.3, 0.4) is 0 Å². The summed E-state index contributed by atoms with van der Waals surface area (Å²) in [6.07, 6.45) is 5.05. The van der Waals surface area contributed by atoms with Crippen molar-refractivity contribution in [1.82, 2.24) is 15.1 Å². The molecular formula is C25H27N5O3S. The van der Waals surface area contributed by atoms with Gasteiger partial charge in [0.1, 0.15) is 11.9 Å². The number of anilines is 2. The molecule has 0 saturated carbocycles. The molecule has 2 saturated heterocycles. The summed E-state index contributed by atoms with van der Waals surface area (Å²) in [5, 5.41) is 10.6. The molecule has 2 aromatic heterocycles. The number of rotatable bonds is 6. The number of piperidine rings is 1. The average Bonchev–Trinajstić information content (AvgIpc) is 3.26. The number of hydrogen-bond acceptors (Lipinski definition) is 7. The van der Waals surface area contributed by atoms with Crippen LogP contribution in [-0.4, -0.2) is 59.2 Å². The second-order valence-corrected chi connectivity index (χ2v) is 10.0. The Morgan fingerprint density at radius 3 is 2.44 bits per heavy atom. The van der Waals surface area contributed by atoms with Gasteiger partial charge < -0.3 is 19.9 Å². The standard InChI is InChI=1S/C25H27N5O3S/c1-17-2-7-23(34-17)25(32)29-12-9-22(10-13-29)33-21-5-3-19(4-6-21)28-24(31)18-15-30(16-18)20-8-11-26-27-14-20/h2-8,11,14,18,22H,9-10,12-13,15-16H2,1H3,(H,28,31). The van der Waals surface area contributed by atoms with Gasteiger partial charge >= 0.3 is 0 Å². The Kier molecular flexibility index (Phi) is 6.44. The van der Waals surface area contributed by atoms with Crippen molar-refractivity contribution in [2.75, 3.05) is 36.4 Å². The summed E-state index contributed by atoms with van der Waals surface area (Å²) in [6.45, 7) is 4.75. The van der Waals surface area contributed by atoms with Crippen LogP contribution in [0.2, 0.25) is 0 Å². The van der Waals surface area contributed by atoms with Crippen molar-refractivity contribution >= 4 is 34.5 Å². The average molecular weight is 478 g/mol. The quantitative estimate of drug-likeness (QED) is 0.584. The predicted octanol–water partition coefficient (Wildman–Crippen LogP) is 3.61. The molecule has 0 radical (unpaired) electrons. The smallest absolute Gasteiger partial charge is 0.263 e. The van der Waals surface area contributed by atoms with Crippen molar-refractivity contribution in [2.24, 2.45) is 5.92 Å². The zero-order valence-electron chi connectivity index (χ0n) is 19.0. The minimum atomic E-state index is -0.0462. The van der Waals surface area contributed by atoms with Gasteiger partial charge in [0, 0.05) is 49.6 Å². The van der Waals surface area contributed by atoms with Crippen LogP contribution in [-0.2, 0) is 4.79 Å². The van der Waals surface area contributed by atoms with Crippen LogP contribution in [0.4, 0.5) is 11.4 Å². The monoisotopic (exact) mass is 477 g/mol. The van der Waals surface area contributed by atoms with E-state index in [2.05, 4.69) is 20.4 Å². The molecule has 2 aliphatic rings. The van der Waals surface area contributed by atoms with Gasteiger partial charge in [-0.3, -0.25) is 9.59 Å². The first-order chi connectivity index (χ1) is 16.5. The van der Waals surface area contributed by atoms with Crippen LogP contribution in [0.15, 0.2) is 54.9 Å². The SMILES string of the molecule is Cc1ccc(C(=O)N2CCC(Oc3ccc(NC(=O)C4CN(c5ccnnc5)C4)cc3)CC2)s1. The maximum Gasteiger partial charge on any atom is 0.263 e. The van der Waals surface area contributed by atoms with E-state index >= 15 is 0 Å². The highest BCUT2D eigenvalue weighted by Crippen LogP contribution is 2.26. The van der Waals surface area contributed by atoms with E-state index < -0.39 is 0 Å². The molecule has 9 heteroatoms. The third-order valence-corrected chi connectivity index (χ3v) is 7.28. The Balaban J connectivity index is 1.06. The van der Waals surface area contributed by atoms with E-state index in [0.717, 1.165) is 39.7 Å². The first-order valence-electron chi connectivity index (χ1n) is 11.5. The fraction of sp³-hybridized carbons (Fsp3) is 0.360. The molecule has 1 aromatic carbocycles. The van der Waals surface area contributed by atoms with Gasteiger partial charge in [0.25, 0.3) is 5.91 Å². The number of aryl methyl sites for hydroxylation is 1. The number of benzene rings is 1. The van der Waals surface area contributed by atoms with Crippen molar-refractivity contribution < 1.29 is 14.3 Å². The highest BCUT2D eigenvalue weighted by Gasteiger charge is 2.33. The van der Waals surface area contributed by atoms with Gasteiger partial charge in [-0.15, -0.1) is 11.3 Å². The van der Waals surface area contributed by atoms with Crippen LogP contribution in [0.25, 0.3) is 0 Å². The van der Waals surface area contributed by atoms with Crippen LogP contribution < -0.4 is 15.0 Å². The number of nitrogens with one attached hydrogen (secondary N) is 1. The predicted molar refractivity (Wildman–Crippen MR) is 131 cm³/mol. The zero-order chi connectivity index (χ0) is 23.5. The molecule has 0 bridgehead atoms. The molecular weight excluding hydrogens is 450 g/mol. The third kappa shape index (κ3) is 5.04. The molecule has 0 atom stereocenters. The van der Waals surface area contributed by atoms with E-state index in [1.807, 2.05) is 54.3 Å². The van der Waals surface area contributed by atoms with E-state index in [9.17, 15) is 9.59 Å². The highest BCUT2D eigenvalue weighted by molar-refractivity contribution is 7.13. The lowest BCUT2D eigenvalue weighted by atomic mass is 9.98. The second kappa shape index (κ2) is 9.80. The highest BCUT2D eigenvalue weighted by atomic mass is 32.1. The van der Waals surface area contributed by atoms with Crippen LogP contribution in [0, 0.1) is 12.8 Å². The summed E-state index contributed by atoms with van der Waals surface area (Å²) in [5.74, 6) is 0.861. The van der Waals surface area contributed by atoms with E-state index in [1.54, 1.807) is 23.7 Å². The number of ether oxygens (including phenoxy) is 1.